The molecule has 0 bridgehead atoms. The Kier molecular flexibility index (Phi) is 4.12. The van der Waals surface area contributed by atoms with Crippen LogP contribution in [0.1, 0.15) is 42.3 Å². The normalized spacial score (nSPS) is 11.3. The Balaban J connectivity index is 2.32. The Morgan fingerprint density at radius 2 is 1.76 bits per heavy atom. The molecule has 2 aromatic carbocycles. The van der Waals surface area contributed by atoms with Crippen molar-refractivity contribution in [3.63, 3.8) is 0 Å². The van der Waals surface area contributed by atoms with E-state index < -0.39 is 11.7 Å². The molecule has 2 aromatic rings. The Bertz CT molecular complexity index is 671. The first kappa shape index (κ1) is 15.2. The lowest BCUT2D eigenvalue weighted by atomic mass is 9.86. The van der Waals surface area contributed by atoms with Gasteiger partial charge < -0.3 is 5.32 Å². The highest BCUT2D eigenvalue weighted by molar-refractivity contribution is 6.05. The summed E-state index contributed by atoms with van der Waals surface area (Å²) in [6.45, 7) is 8.01. The third kappa shape index (κ3) is 3.48. The van der Waals surface area contributed by atoms with Gasteiger partial charge in [0.2, 0.25) is 0 Å². The van der Waals surface area contributed by atoms with E-state index in [4.69, 9.17) is 0 Å². The Hall–Kier alpha value is -2.16. The van der Waals surface area contributed by atoms with Crippen molar-refractivity contribution >= 4 is 11.6 Å². The van der Waals surface area contributed by atoms with Crippen LogP contribution in [0.5, 0.6) is 0 Å². The Morgan fingerprint density at radius 1 is 1.10 bits per heavy atom. The molecule has 0 spiro atoms. The zero-order chi connectivity index (χ0) is 15.6. The van der Waals surface area contributed by atoms with Crippen LogP contribution >= 0.6 is 0 Å². The molecule has 0 aliphatic carbocycles. The van der Waals surface area contributed by atoms with Gasteiger partial charge in [0.25, 0.3) is 5.91 Å². The van der Waals surface area contributed by atoms with E-state index in [1.54, 1.807) is 13.0 Å². The molecule has 0 radical (unpaired) electrons. The van der Waals surface area contributed by atoms with Gasteiger partial charge in [0.15, 0.2) is 0 Å². The van der Waals surface area contributed by atoms with Gasteiger partial charge in [-0.3, -0.25) is 4.79 Å². The van der Waals surface area contributed by atoms with E-state index in [0.29, 0.717) is 0 Å². The molecule has 1 N–H and O–H groups in total. The molecule has 0 saturated heterocycles. The fraction of sp³-hybridized carbons (Fsp3) is 0.278. The molecule has 0 aromatic heterocycles. The molecular weight excluding hydrogens is 265 g/mol. The van der Waals surface area contributed by atoms with Crippen molar-refractivity contribution in [1.82, 2.24) is 0 Å². The number of anilines is 1. The van der Waals surface area contributed by atoms with Gasteiger partial charge in [-0.05, 0) is 41.7 Å². The maximum absolute atomic E-state index is 13.9. The zero-order valence-electron chi connectivity index (χ0n) is 12.8. The van der Waals surface area contributed by atoms with Crippen molar-refractivity contribution in [1.29, 1.82) is 0 Å². The summed E-state index contributed by atoms with van der Waals surface area (Å²) in [5.41, 5.74) is 2.49. The molecule has 2 nitrogen and oxygen atoms in total. The van der Waals surface area contributed by atoms with Crippen molar-refractivity contribution in [3.05, 3.63) is 65.0 Å². The summed E-state index contributed by atoms with van der Waals surface area (Å²) in [6, 6.07) is 12.2. The molecule has 0 unspecified atom stereocenters. The molecule has 0 aliphatic heterocycles. The second kappa shape index (κ2) is 5.68. The molecule has 110 valence electrons. The second-order valence-electron chi connectivity index (χ2n) is 6.23. The fourth-order valence-electron chi connectivity index (χ4n) is 2.24. The lowest BCUT2D eigenvalue weighted by Crippen LogP contribution is -2.19. The summed E-state index contributed by atoms with van der Waals surface area (Å²) in [7, 11) is 0. The number of halogens is 1. The van der Waals surface area contributed by atoms with Crippen molar-refractivity contribution in [2.75, 3.05) is 5.32 Å². The number of para-hydroxylation sites is 1. The molecule has 0 heterocycles. The van der Waals surface area contributed by atoms with Gasteiger partial charge in [-0.15, -0.1) is 0 Å². The number of hydrogen-bond donors (Lipinski definition) is 1. The van der Waals surface area contributed by atoms with Crippen LogP contribution in [0.2, 0.25) is 0 Å². The first-order chi connectivity index (χ1) is 9.79. The van der Waals surface area contributed by atoms with Crippen LogP contribution in [0.15, 0.2) is 42.5 Å². The molecule has 0 aliphatic rings. The average Bonchev–Trinajstić information content (AvgIpc) is 2.37. The number of nitrogens with one attached hydrogen (secondary N) is 1. The summed E-state index contributed by atoms with van der Waals surface area (Å²) < 4.78 is 13.9. The van der Waals surface area contributed by atoms with E-state index >= 15 is 0 Å². The number of carbonyl (C=O) groups excluding carboxylic acids is 1. The molecule has 0 saturated carbocycles. The molecule has 2 rings (SSSR count). The van der Waals surface area contributed by atoms with Gasteiger partial charge in [-0.1, -0.05) is 45.0 Å². The lowest BCUT2D eigenvalue weighted by Gasteiger charge is -2.23. The minimum atomic E-state index is -0.499. The monoisotopic (exact) mass is 285 g/mol. The predicted molar refractivity (Wildman–Crippen MR) is 84.2 cm³/mol. The number of amides is 1. The SMILES string of the molecule is Cc1ccc(C(=O)Nc2ccccc2C(C)(C)C)c(F)c1. The van der Waals surface area contributed by atoms with Crippen molar-refractivity contribution < 1.29 is 9.18 Å². The quantitative estimate of drug-likeness (QED) is 0.852. The lowest BCUT2D eigenvalue weighted by molar-refractivity contribution is 0.102. The molecular formula is C18H20FNO. The summed E-state index contributed by atoms with van der Waals surface area (Å²) in [5.74, 6) is -0.926. The van der Waals surface area contributed by atoms with Crippen LogP contribution in [0, 0.1) is 12.7 Å². The van der Waals surface area contributed by atoms with E-state index in [0.717, 1.165) is 16.8 Å². The van der Waals surface area contributed by atoms with E-state index in [1.165, 1.54) is 12.1 Å². The van der Waals surface area contributed by atoms with Crippen molar-refractivity contribution in [2.45, 2.75) is 33.1 Å². The first-order valence-electron chi connectivity index (χ1n) is 6.96. The minimum absolute atomic E-state index is 0.0595. The second-order valence-corrected chi connectivity index (χ2v) is 6.23. The van der Waals surface area contributed by atoms with Gasteiger partial charge >= 0.3 is 0 Å². The number of rotatable bonds is 2. The highest BCUT2D eigenvalue weighted by Gasteiger charge is 2.19. The number of hydrogen-bond acceptors (Lipinski definition) is 1. The highest BCUT2D eigenvalue weighted by atomic mass is 19.1. The van der Waals surface area contributed by atoms with E-state index in [2.05, 4.69) is 26.1 Å². The maximum Gasteiger partial charge on any atom is 0.258 e. The van der Waals surface area contributed by atoms with Gasteiger partial charge in [0.05, 0.1) is 5.56 Å². The zero-order valence-corrected chi connectivity index (χ0v) is 12.8. The largest absolute Gasteiger partial charge is 0.322 e. The highest BCUT2D eigenvalue weighted by Crippen LogP contribution is 2.29. The standard InChI is InChI=1S/C18H20FNO/c1-12-9-10-13(15(19)11-12)17(21)20-16-8-6-5-7-14(16)18(2,3)4/h5-11H,1-4H3,(H,20,21). The van der Waals surface area contributed by atoms with Gasteiger partial charge in [-0.25, -0.2) is 4.39 Å². The van der Waals surface area contributed by atoms with Crippen LogP contribution in [-0.4, -0.2) is 5.91 Å². The Morgan fingerprint density at radius 3 is 2.38 bits per heavy atom. The third-order valence-electron chi connectivity index (χ3n) is 3.35. The maximum atomic E-state index is 13.9. The topological polar surface area (TPSA) is 29.1 Å². The summed E-state index contributed by atoms with van der Waals surface area (Å²) in [6.07, 6.45) is 0. The molecule has 0 atom stereocenters. The molecule has 1 amide bonds. The molecule has 21 heavy (non-hydrogen) atoms. The van der Waals surface area contributed by atoms with Crippen molar-refractivity contribution in [3.8, 4) is 0 Å². The van der Waals surface area contributed by atoms with Crippen LogP contribution < -0.4 is 5.32 Å². The van der Waals surface area contributed by atoms with Crippen LogP contribution in [0.4, 0.5) is 10.1 Å². The molecule has 0 fully saturated rings. The minimum Gasteiger partial charge on any atom is -0.322 e. The predicted octanol–water partition coefficient (Wildman–Crippen LogP) is 4.68. The van der Waals surface area contributed by atoms with E-state index in [-0.39, 0.29) is 11.0 Å². The number of aryl methyl sites for hydroxylation is 1. The van der Waals surface area contributed by atoms with Crippen LogP contribution in [0.3, 0.4) is 0 Å². The van der Waals surface area contributed by atoms with Crippen molar-refractivity contribution in [2.24, 2.45) is 0 Å². The average molecular weight is 285 g/mol. The summed E-state index contributed by atoms with van der Waals surface area (Å²) in [4.78, 5) is 12.3. The van der Waals surface area contributed by atoms with E-state index in [1.807, 2.05) is 24.3 Å². The van der Waals surface area contributed by atoms with Crippen LogP contribution in [0.25, 0.3) is 0 Å². The Labute approximate surface area is 125 Å². The van der Waals surface area contributed by atoms with E-state index in [9.17, 15) is 9.18 Å². The fourth-order valence-corrected chi connectivity index (χ4v) is 2.24. The summed E-state index contributed by atoms with van der Waals surface area (Å²) in [5, 5.41) is 2.81. The molecule has 3 heteroatoms. The van der Waals surface area contributed by atoms with Gasteiger partial charge in [0, 0.05) is 5.69 Å². The number of carbonyl (C=O) groups is 1. The smallest absolute Gasteiger partial charge is 0.258 e. The van der Waals surface area contributed by atoms with Gasteiger partial charge in [0.1, 0.15) is 5.82 Å². The number of benzene rings is 2. The van der Waals surface area contributed by atoms with Gasteiger partial charge in [-0.2, -0.15) is 0 Å². The summed E-state index contributed by atoms with van der Waals surface area (Å²) >= 11 is 0. The third-order valence-corrected chi connectivity index (χ3v) is 3.35. The van der Waals surface area contributed by atoms with Crippen LogP contribution in [-0.2, 0) is 5.41 Å². The first-order valence-corrected chi connectivity index (χ1v) is 6.96.